The molecule has 2 aromatic carbocycles. The van der Waals surface area contributed by atoms with Gasteiger partial charge in [-0.15, -0.1) is 11.8 Å². The van der Waals surface area contributed by atoms with Crippen molar-refractivity contribution in [1.29, 1.82) is 0 Å². The van der Waals surface area contributed by atoms with Crippen LogP contribution in [0.15, 0.2) is 59.6 Å². The molecule has 0 saturated carbocycles. The highest BCUT2D eigenvalue weighted by Crippen LogP contribution is 2.30. The van der Waals surface area contributed by atoms with Crippen molar-refractivity contribution in [3.63, 3.8) is 0 Å². The van der Waals surface area contributed by atoms with E-state index in [1.54, 1.807) is 0 Å². The van der Waals surface area contributed by atoms with Gasteiger partial charge in [0, 0.05) is 40.8 Å². The zero-order valence-electron chi connectivity index (χ0n) is 12.3. The number of benzene rings is 2. The van der Waals surface area contributed by atoms with Crippen LogP contribution in [0.3, 0.4) is 0 Å². The molecule has 0 aliphatic heterocycles. The molecule has 0 aliphatic carbocycles. The second kappa shape index (κ2) is 6.37. The van der Waals surface area contributed by atoms with E-state index >= 15 is 0 Å². The number of aromatic nitrogens is 1. The summed E-state index contributed by atoms with van der Waals surface area (Å²) >= 11 is 1.84. The smallest absolute Gasteiger partial charge is 0.0495 e. The molecule has 3 heteroatoms. The van der Waals surface area contributed by atoms with E-state index in [2.05, 4.69) is 66.2 Å². The number of hydrogen-bond acceptors (Lipinski definition) is 2. The normalized spacial score (nSPS) is 11.1. The van der Waals surface area contributed by atoms with Crippen LogP contribution < -0.4 is 5.73 Å². The van der Waals surface area contributed by atoms with E-state index in [0.717, 1.165) is 12.3 Å². The van der Waals surface area contributed by atoms with Crippen molar-refractivity contribution in [2.45, 2.75) is 18.4 Å². The maximum atomic E-state index is 5.64. The summed E-state index contributed by atoms with van der Waals surface area (Å²) in [5, 5.41) is 1.32. The second-order valence-electron chi connectivity index (χ2n) is 5.26. The van der Waals surface area contributed by atoms with Gasteiger partial charge in [0.25, 0.3) is 0 Å². The highest BCUT2D eigenvalue weighted by Gasteiger charge is 2.08. The van der Waals surface area contributed by atoms with Gasteiger partial charge in [0.2, 0.25) is 0 Å². The highest BCUT2D eigenvalue weighted by atomic mass is 32.2. The lowest BCUT2D eigenvalue weighted by Gasteiger charge is -2.05. The first-order chi connectivity index (χ1) is 10.3. The molecular weight excluding hydrogens is 276 g/mol. The van der Waals surface area contributed by atoms with Crippen LogP contribution in [-0.2, 0) is 6.54 Å². The van der Waals surface area contributed by atoms with Crippen molar-refractivity contribution in [1.82, 2.24) is 4.57 Å². The summed E-state index contributed by atoms with van der Waals surface area (Å²) in [4.78, 5) is 1.32. The number of rotatable bonds is 5. The molecule has 0 saturated heterocycles. The van der Waals surface area contributed by atoms with Gasteiger partial charge in [0.1, 0.15) is 0 Å². The maximum Gasteiger partial charge on any atom is 0.0495 e. The molecule has 108 valence electrons. The van der Waals surface area contributed by atoms with Gasteiger partial charge in [-0.1, -0.05) is 48.0 Å². The average molecular weight is 296 g/mol. The first kappa shape index (κ1) is 14.2. The van der Waals surface area contributed by atoms with Crippen LogP contribution in [-0.4, -0.2) is 16.9 Å². The fraction of sp³-hybridized carbons (Fsp3) is 0.222. The Morgan fingerprint density at radius 2 is 1.81 bits per heavy atom. The van der Waals surface area contributed by atoms with Crippen molar-refractivity contribution in [2.75, 3.05) is 12.3 Å². The number of nitrogens with two attached hydrogens (primary N) is 1. The van der Waals surface area contributed by atoms with Crippen LogP contribution in [0.5, 0.6) is 0 Å². The standard InChI is InChI=1S/C18H20N2S/c1-14-6-8-15(9-7-14)12-20-13-18(21-11-10-19)16-4-2-3-5-17(16)20/h2-9,13H,10-12,19H2,1H3. The Labute approximate surface area is 130 Å². The van der Waals surface area contributed by atoms with Crippen molar-refractivity contribution >= 4 is 22.7 Å². The molecule has 0 atom stereocenters. The predicted octanol–water partition coefficient (Wildman–Crippen LogP) is 4.05. The molecule has 3 rings (SSSR count). The fourth-order valence-corrected chi connectivity index (χ4v) is 3.39. The van der Waals surface area contributed by atoms with Crippen LogP contribution in [0, 0.1) is 6.92 Å². The van der Waals surface area contributed by atoms with E-state index in [0.29, 0.717) is 6.54 Å². The van der Waals surface area contributed by atoms with Gasteiger partial charge in [0.15, 0.2) is 0 Å². The molecule has 21 heavy (non-hydrogen) atoms. The zero-order valence-corrected chi connectivity index (χ0v) is 13.1. The first-order valence-corrected chi connectivity index (χ1v) is 8.23. The molecule has 0 amide bonds. The molecule has 0 spiro atoms. The summed E-state index contributed by atoms with van der Waals surface area (Å²) in [7, 11) is 0. The van der Waals surface area contributed by atoms with Crippen LogP contribution in [0.4, 0.5) is 0 Å². The molecule has 2 nitrogen and oxygen atoms in total. The molecule has 3 aromatic rings. The highest BCUT2D eigenvalue weighted by molar-refractivity contribution is 7.99. The first-order valence-electron chi connectivity index (χ1n) is 7.24. The SMILES string of the molecule is Cc1ccc(Cn2cc(SCCN)c3ccccc32)cc1. The Bertz CT molecular complexity index is 729. The van der Waals surface area contributed by atoms with E-state index in [9.17, 15) is 0 Å². The Morgan fingerprint density at radius 3 is 2.57 bits per heavy atom. The predicted molar refractivity (Wildman–Crippen MR) is 92.0 cm³/mol. The monoisotopic (exact) mass is 296 g/mol. The molecule has 0 radical (unpaired) electrons. The maximum absolute atomic E-state index is 5.64. The lowest BCUT2D eigenvalue weighted by molar-refractivity contribution is 0.829. The summed E-state index contributed by atoms with van der Waals surface area (Å²) in [5.74, 6) is 0.957. The number of aryl methyl sites for hydroxylation is 1. The minimum atomic E-state index is 0.710. The summed E-state index contributed by atoms with van der Waals surface area (Å²) in [5.41, 5.74) is 9.56. The van der Waals surface area contributed by atoms with Crippen molar-refractivity contribution < 1.29 is 0 Å². The largest absolute Gasteiger partial charge is 0.342 e. The zero-order chi connectivity index (χ0) is 14.7. The van der Waals surface area contributed by atoms with E-state index < -0.39 is 0 Å². The summed E-state index contributed by atoms with van der Waals surface area (Å²) in [6.07, 6.45) is 2.25. The number of thioether (sulfide) groups is 1. The number of hydrogen-bond donors (Lipinski definition) is 1. The Hall–Kier alpha value is -1.71. The average Bonchev–Trinajstić information content (AvgIpc) is 2.86. The fourth-order valence-electron chi connectivity index (χ4n) is 2.52. The van der Waals surface area contributed by atoms with Crippen LogP contribution in [0.25, 0.3) is 10.9 Å². The van der Waals surface area contributed by atoms with Crippen LogP contribution in [0.1, 0.15) is 11.1 Å². The van der Waals surface area contributed by atoms with E-state index in [1.165, 1.54) is 26.9 Å². The van der Waals surface area contributed by atoms with Crippen molar-refractivity contribution in [2.24, 2.45) is 5.73 Å². The van der Waals surface area contributed by atoms with Gasteiger partial charge in [-0.25, -0.2) is 0 Å². The van der Waals surface area contributed by atoms with Gasteiger partial charge in [0.05, 0.1) is 0 Å². The minimum Gasteiger partial charge on any atom is -0.342 e. The molecule has 0 unspecified atom stereocenters. The number of para-hydroxylation sites is 1. The van der Waals surface area contributed by atoms with Gasteiger partial charge < -0.3 is 10.3 Å². The van der Waals surface area contributed by atoms with Crippen molar-refractivity contribution in [3.8, 4) is 0 Å². The van der Waals surface area contributed by atoms with Gasteiger partial charge >= 0.3 is 0 Å². The molecule has 2 N–H and O–H groups in total. The van der Waals surface area contributed by atoms with E-state index in [1.807, 2.05) is 11.8 Å². The minimum absolute atomic E-state index is 0.710. The molecule has 1 aromatic heterocycles. The second-order valence-corrected chi connectivity index (χ2v) is 6.40. The van der Waals surface area contributed by atoms with Crippen LogP contribution >= 0.6 is 11.8 Å². The third kappa shape index (κ3) is 3.14. The molecule has 0 bridgehead atoms. The van der Waals surface area contributed by atoms with Gasteiger partial charge in [-0.2, -0.15) is 0 Å². The van der Waals surface area contributed by atoms with Crippen LogP contribution in [0.2, 0.25) is 0 Å². The summed E-state index contributed by atoms with van der Waals surface area (Å²) in [6.45, 7) is 3.74. The lowest BCUT2D eigenvalue weighted by atomic mass is 10.1. The third-order valence-corrected chi connectivity index (χ3v) is 4.68. The van der Waals surface area contributed by atoms with Gasteiger partial charge in [-0.05, 0) is 18.6 Å². The van der Waals surface area contributed by atoms with E-state index in [4.69, 9.17) is 5.73 Å². The molecular formula is C18H20N2S. The number of nitrogens with zero attached hydrogens (tertiary/aromatic N) is 1. The lowest BCUT2D eigenvalue weighted by Crippen LogP contribution is -2.00. The summed E-state index contributed by atoms with van der Waals surface area (Å²) in [6, 6.07) is 17.3. The Balaban J connectivity index is 1.96. The molecule has 0 fully saturated rings. The summed E-state index contributed by atoms with van der Waals surface area (Å²) < 4.78 is 2.33. The Morgan fingerprint density at radius 1 is 1.05 bits per heavy atom. The quantitative estimate of drug-likeness (QED) is 0.720. The molecule has 1 heterocycles. The third-order valence-electron chi connectivity index (χ3n) is 3.60. The van der Waals surface area contributed by atoms with Gasteiger partial charge in [-0.3, -0.25) is 0 Å². The number of fused-ring (bicyclic) bond motifs is 1. The van der Waals surface area contributed by atoms with E-state index in [-0.39, 0.29) is 0 Å². The molecule has 0 aliphatic rings. The van der Waals surface area contributed by atoms with Crippen molar-refractivity contribution in [3.05, 3.63) is 65.9 Å². The Kier molecular flexibility index (Phi) is 4.32. The topological polar surface area (TPSA) is 30.9 Å².